The summed E-state index contributed by atoms with van der Waals surface area (Å²) in [5.74, 6) is 0.771. The summed E-state index contributed by atoms with van der Waals surface area (Å²) in [6, 6.07) is 3.61. The van der Waals surface area contributed by atoms with Gasteiger partial charge in [0.05, 0.1) is 30.3 Å². The zero-order valence-electron chi connectivity index (χ0n) is 7.47. The Hall–Kier alpha value is -2.04. The van der Waals surface area contributed by atoms with E-state index in [2.05, 4.69) is 15.5 Å². The molecule has 2 heterocycles. The van der Waals surface area contributed by atoms with Gasteiger partial charge in [0.25, 0.3) is 0 Å². The number of hydrogen-bond acceptors (Lipinski definition) is 5. The van der Waals surface area contributed by atoms with Crippen LogP contribution in [0.15, 0.2) is 35.2 Å². The minimum atomic E-state index is 0.575. The van der Waals surface area contributed by atoms with Gasteiger partial charge >= 0.3 is 0 Å². The number of nitrogens with zero attached hydrogens (tertiary/aromatic N) is 2. The van der Waals surface area contributed by atoms with E-state index in [0.717, 1.165) is 11.4 Å². The molecule has 72 valence electrons. The lowest BCUT2D eigenvalue weighted by molar-refractivity contribution is 0.388. The van der Waals surface area contributed by atoms with Gasteiger partial charge in [0.2, 0.25) is 0 Å². The lowest BCUT2D eigenvalue weighted by Gasteiger charge is -2.03. The second kappa shape index (κ2) is 3.78. The van der Waals surface area contributed by atoms with Gasteiger partial charge in [-0.25, -0.2) is 0 Å². The summed E-state index contributed by atoms with van der Waals surface area (Å²) >= 11 is 0. The van der Waals surface area contributed by atoms with Gasteiger partial charge in [-0.15, -0.1) is 0 Å². The van der Waals surface area contributed by atoms with Crippen molar-refractivity contribution in [3.8, 4) is 0 Å². The first-order valence-electron chi connectivity index (χ1n) is 4.18. The number of nitrogens with two attached hydrogens (primary N) is 1. The summed E-state index contributed by atoms with van der Waals surface area (Å²) in [7, 11) is 0. The number of aromatic nitrogens is 2. The molecule has 0 aromatic carbocycles. The maximum absolute atomic E-state index is 5.57. The highest BCUT2D eigenvalue weighted by Crippen LogP contribution is 2.10. The van der Waals surface area contributed by atoms with E-state index in [0.29, 0.717) is 12.2 Å². The van der Waals surface area contributed by atoms with E-state index in [1.165, 1.54) is 0 Å². The minimum Gasteiger partial charge on any atom is -0.397 e. The Morgan fingerprint density at radius 2 is 2.36 bits per heavy atom. The second-order valence-corrected chi connectivity index (χ2v) is 2.84. The molecule has 5 nitrogen and oxygen atoms in total. The lowest BCUT2D eigenvalue weighted by atomic mass is 10.3. The Bertz CT molecular complexity index is 399. The number of rotatable bonds is 3. The molecule has 0 saturated carbocycles. The third kappa shape index (κ3) is 2.01. The molecule has 2 rings (SSSR count). The zero-order chi connectivity index (χ0) is 9.80. The van der Waals surface area contributed by atoms with Crippen LogP contribution in [-0.4, -0.2) is 10.1 Å². The largest absolute Gasteiger partial charge is 0.397 e. The van der Waals surface area contributed by atoms with Crippen molar-refractivity contribution < 1.29 is 4.52 Å². The third-order valence-electron chi connectivity index (χ3n) is 1.72. The monoisotopic (exact) mass is 190 g/mol. The highest BCUT2D eigenvalue weighted by molar-refractivity contribution is 5.51. The van der Waals surface area contributed by atoms with Crippen LogP contribution >= 0.6 is 0 Å². The number of nitrogen functional groups attached to an aromatic ring is 1. The number of hydrogen-bond donors (Lipinski definition) is 2. The van der Waals surface area contributed by atoms with E-state index < -0.39 is 0 Å². The zero-order valence-corrected chi connectivity index (χ0v) is 7.47. The Morgan fingerprint density at radius 1 is 1.43 bits per heavy atom. The van der Waals surface area contributed by atoms with Crippen molar-refractivity contribution >= 4 is 11.4 Å². The van der Waals surface area contributed by atoms with Crippen molar-refractivity contribution in [3.05, 3.63) is 36.5 Å². The molecular formula is C9H10N4O. The molecule has 3 N–H and O–H groups in total. The molecule has 0 fully saturated rings. The van der Waals surface area contributed by atoms with Gasteiger partial charge in [-0.05, 0) is 6.07 Å². The van der Waals surface area contributed by atoms with Crippen LogP contribution in [0.3, 0.4) is 0 Å². The quantitative estimate of drug-likeness (QED) is 0.762. The van der Waals surface area contributed by atoms with E-state index in [4.69, 9.17) is 10.3 Å². The average Bonchev–Trinajstić information content (AvgIpc) is 2.67. The summed E-state index contributed by atoms with van der Waals surface area (Å²) in [5, 5.41) is 6.71. The minimum absolute atomic E-state index is 0.575. The maximum Gasteiger partial charge on any atom is 0.155 e. The van der Waals surface area contributed by atoms with Gasteiger partial charge in [0, 0.05) is 12.3 Å². The topological polar surface area (TPSA) is 77.0 Å². The van der Waals surface area contributed by atoms with Crippen molar-refractivity contribution in [1.82, 2.24) is 10.1 Å². The van der Waals surface area contributed by atoms with E-state index in [-0.39, 0.29) is 0 Å². The van der Waals surface area contributed by atoms with Crippen molar-refractivity contribution in [2.24, 2.45) is 0 Å². The Labute approximate surface area is 80.9 Å². The molecule has 2 aromatic rings. The summed E-state index contributed by atoms with van der Waals surface area (Å²) in [6.45, 7) is 0.575. The van der Waals surface area contributed by atoms with Crippen molar-refractivity contribution in [2.45, 2.75) is 6.54 Å². The van der Waals surface area contributed by atoms with Gasteiger partial charge in [0.15, 0.2) is 5.76 Å². The van der Waals surface area contributed by atoms with Gasteiger partial charge in [-0.2, -0.15) is 0 Å². The lowest BCUT2D eigenvalue weighted by Crippen LogP contribution is -1.99. The molecule has 0 saturated heterocycles. The summed E-state index contributed by atoms with van der Waals surface area (Å²) in [4.78, 5) is 3.95. The number of pyridine rings is 1. The Morgan fingerprint density at radius 3 is 3.07 bits per heavy atom. The summed E-state index contributed by atoms with van der Waals surface area (Å²) in [5.41, 5.74) is 7.06. The smallest absolute Gasteiger partial charge is 0.155 e. The fourth-order valence-electron chi connectivity index (χ4n) is 1.08. The Balaban J connectivity index is 1.98. The van der Waals surface area contributed by atoms with Crippen LogP contribution in [-0.2, 0) is 6.54 Å². The predicted molar refractivity (Wildman–Crippen MR) is 52.5 cm³/mol. The summed E-state index contributed by atoms with van der Waals surface area (Å²) in [6.07, 6.45) is 4.90. The molecular weight excluding hydrogens is 180 g/mol. The summed E-state index contributed by atoms with van der Waals surface area (Å²) < 4.78 is 4.92. The first-order chi connectivity index (χ1) is 6.84. The van der Waals surface area contributed by atoms with E-state index in [9.17, 15) is 0 Å². The van der Waals surface area contributed by atoms with Crippen LogP contribution in [0.5, 0.6) is 0 Å². The molecule has 0 aliphatic heterocycles. The first-order valence-corrected chi connectivity index (χ1v) is 4.18. The fourth-order valence-corrected chi connectivity index (χ4v) is 1.08. The molecule has 0 aliphatic carbocycles. The average molecular weight is 190 g/mol. The van der Waals surface area contributed by atoms with Gasteiger partial charge < -0.3 is 15.6 Å². The van der Waals surface area contributed by atoms with Crippen LogP contribution in [0.2, 0.25) is 0 Å². The van der Waals surface area contributed by atoms with Crippen LogP contribution < -0.4 is 11.1 Å². The Kier molecular flexibility index (Phi) is 2.31. The molecule has 0 aliphatic rings. The molecule has 2 aromatic heterocycles. The second-order valence-electron chi connectivity index (χ2n) is 2.84. The number of nitrogens with one attached hydrogen (secondary N) is 1. The van der Waals surface area contributed by atoms with Crippen LogP contribution in [0.1, 0.15) is 5.76 Å². The molecule has 0 atom stereocenters. The molecule has 0 radical (unpaired) electrons. The molecule has 0 amide bonds. The fraction of sp³-hybridized carbons (Fsp3) is 0.111. The highest BCUT2D eigenvalue weighted by atomic mass is 16.5. The SMILES string of the molecule is Nc1cncc(NCc2ccno2)c1. The predicted octanol–water partition coefficient (Wildman–Crippen LogP) is 1.26. The van der Waals surface area contributed by atoms with Crippen molar-refractivity contribution in [2.75, 3.05) is 11.1 Å². The molecule has 0 spiro atoms. The van der Waals surface area contributed by atoms with Gasteiger partial charge in [0.1, 0.15) is 0 Å². The van der Waals surface area contributed by atoms with Gasteiger partial charge in [-0.1, -0.05) is 5.16 Å². The molecule has 0 bridgehead atoms. The van der Waals surface area contributed by atoms with Crippen LogP contribution in [0.4, 0.5) is 11.4 Å². The van der Waals surface area contributed by atoms with E-state index in [1.54, 1.807) is 24.7 Å². The normalized spacial score (nSPS) is 10.0. The molecule has 14 heavy (non-hydrogen) atoms. The standard InChI is InChI=1S/C9H10N4O/c10-7-3-8(5-11-4-7)12-6-9-1-2-13-14-9/h1-5,12H,6,10H2. The van der Waals surface area contributed by atoms with Crippen molar-refractivity contribution in [3.63, 3.8) is 0 Å². The van der Waals surface area contributed by atoms with E-state index >= 15 is 0 Å². The molecule has 5 heteroatoms. The number of anilines is 2. The van der Waals surface area contributed by atoms with Gasteiger partial charge in [-0.3, -0.25) is 4.98 Å². The maximum atomic E-state index is 5.57. The van der Waals surface area contributed by atoms with Crippen molar-refractivity contribution in [1.29, 1.82) is 0 Å². The highest BCUT2D eigenvalue weighted by Gasteiger charge is 1.97. The molecule has 0 unspecified atom stereocenters. The third-order valence-corrected chi connectivity index (χ3v) is 1.72. The van der Waals surface area contributed by atoms with Crippen LogP contribution in [0, 0.1) is 0 Å². The van der Waals surface area contributed by atoms with E-state index in [1.807, 2.05) is 6.07 Å². The first kappa shape index (κ1) is 8.55. The van der Waals surface area contributed by atoms with Crippen LogP contribution in [0.25, 0.3) is 0 Å².